The second kappa shape index (κ2) is 5.05. The van der Waals surface area contributed by atoms with Gasteiger partial charge >= 0.3 is 0 Å². The number of hydrogen-bond donors (Lipinski definition) is 0. The molecule has 0 saturated heterocycles. The third-order valence-electron chi connectivity index (χ3n) is 4.32. The summed E-state index contributed by atoms with van der Waals surface area (Å²) in [6, 6.07) is 22.7. The van der Waals surface area contributed by atoms with Gasteiger partial charge in [-0.3, -0.25) is 9.38 Å². The molecule has 3 aromatic carbocycles. The van der Waals surface area contributed by atoms with Crippen molar-refractivity contribution in [3.05, 3.63) is 78.1 Å². The van der Waals surface area contributed by atoms with Gasteiger partial charge in [-0.2, -0.15) is 0 Å². The van der Waals surface area contributed by atoms with E-state index in [-0.39, 0.29) is 0 Å². The SMILES string of the molecule is Clc1nc(-c2ccc3ccccc3c2)n2c1cnc1ccccc12. The number of benzene rings is 3. The summed E-state index contributed by atoms with van der Waals surface area (Å²) in [7, 11) is 0. The maximum absolute atomic E-state index is 6.37. The van der Waals surface area contributed by atoms with Crippen molar-refractivity contribution >= 4 is 38.9 Å². The van der Waals surface area contributed by atoms with Crippen LogP contribution >= 0.6 is 11.6 Å². The fraction of sp³-hybridized carbons (Fsp3) is 0. The van der Waals surface area contributed by atoms with Gasteiger partial charge < -0.3 is 0 Å². The van der Waals surface area contributed by atoms with Crippen molar-refractivity contribution in [1.29, 1.82) is 0 Å². The predicted octanol–water partition coefficient (Wildman–Crippen LogP) is 5.36. The maximum atomic E-state index is 6.37. The van der Waals surface area contributed by atoms with E-state index in [1.165, 1.54) is 10.8 Å². The zero-order valence-electron chi connectivity index (χ0n) is 12.6. The van der Waals surface area contributed by atoms with Crippen molar-refractivity contribution in [3.8, 4) is 11.4 Å². The highest BCUT2D eigenvalue weighted by Gasteiger charge is 2.14. The van der Waals surface area contributed by atoms with Gasteiger partial charge in [0.2, 0.25) is 0 Å². The number of aromatic nitrogens is 3. The topological polar surface area (TPSA) is 30.2 Å². The maximum Gasteiger partial charge on any atom is 0.157 e. The van der Waals surface area contributed by atoms with Crippen LogP contribution in [-0.2, 0) is 0 Å². The second-order valence-corrected chi connectivity index (χ2v) is 6.11. The van der Waals surface area contributed by atoms with Crippen LogP contribution in [0.2, 0.25) is 5.15 Å². The van der Waals surface area contributed by atoms with Crippen LogP contribution in [0.3, 0.4) is 0 Å². The summed E-state index contributed by atoms with van der Waals surface area (Å²) >= 11 is 6.37. The van der Waals surface area contributed by atoms with Crippen molar-refractivity contribution in [2.45, 2.75) is 0 Å². The van der Waals surface area contributed by atoms with E-state index in [1.54, 1.807) is 6.20 Å². The van der Waals surface area contributed by atoms with Gasteiger partial charge in [-0.25, -0.2) is 4.98 Å². The van der Waals surface area contributed by atoms with E-state index in [9.17, 15) is 0 Å². The van der Waals surface area contributed by atoms with Crippen LogP contribution in [0.15, 0.2) is 72.9 Å². The molecular weight excluding hydrogens is 318 g/mol. The van der Waals surface area contributed by atoms with Crippen LogP contribution in [-0.4, -0.2) is 14.4 Å². The van der Waals surface area contributed by atoms with Gasteiger partial charge in [-0.05, 0) is 29.0 Å². The van der Waals surface area contributed by atoms with Crippen LogP contribution in [0.4, 0.5) is 0 Å². The molecule has 2 aromatic heterocycles. The molecular formula is C20H12ClN3. The van der Waals surface area contributed by atoms with E-state index < -0.39 is 0 Å². The van der Waals surface area contributed by atoms with Gasteiger partial charge in [0.05, 0.1) is 17.2 Å². The Balaban J connectivity index is 1.89. The first-order valence-electron chi connectivity index (χ1n) is 7.72. The molecule has 0 saturated carbocycles. The molecule has 0 spiro atoms. The fourth-order valence-electron chi connectivity index (χ4n) is 3.18. The third kappa shape index (κ3) is 1.92. The van der Waals surface area contributed by atoms with Crippen molar-refractivity contribution in [1.82, 2.24) is 14.4 Å². The summed E-state index contributed by atoms with van der Waals surface area (Å²) in [5.74, 6) is 0.833. The molecule has 2 heterocycles. The van der Waals surface area contributed by atoms with E-state index in [4.69, 9.17) is 11.6 Å². The third-order valence-corrected chi connectivity index (χ3v) is 4.60. The van der Waals surface area contributed by atoms with Crippen molar-refractivity contribution < 1.29 is 0 Å². The summed E-state index contributed by atoms with van der Waals surface area (Å²) in [6.07, 6.45) is 1.78. The number of imidazole rings is 1. The Labute approximate surface area is 143 Å². The van der Waals surface area contributed by atoms with E-state index in [2.05, 4.69) is 44.7 Å². The first-order chi connectivity index (χ1) is 11.8. The van der Waals surface area contributed by atoms with Crippen LogP contribution < -0.4 is 0 Å². The minimum absolute atomic E-state index is 0.469. The van der Waals surface area contributed by atoms with Gasteiger partial charge in [-0.15, -0.1) is 0 Å². The van der Waals surface area contributed by atoms with E-state index >= 15 is 0 Å². The largest absolute Gasteiger partial charge is 0.288 e. The standard InChI is InChI=1S/C20H12ClN3/c21-19-18-12-22-16-7-3-4-8-17(16)24(18)20(23-19)15-10-9-13-5-1-2-6-14(13)11-15/h1-12H. The molecule has 0 fully saturated rings. The normalized spacial score (nSPS) is 11.5. The molecule has 0 bridgehead atoms. The minimum atomic E-state index is 0.469. The summed E-state index contributed by atoms with van der Waals surface area (Å²) in [5, 5.41) is 2.86. The average Bonchev–Trinajstić information content (AvgIpc) is 2.98. The van der Waals surface area contributed by atoms with Gasteiger partial charge in [-0.1, -0.05) is 60.1 Å². The molecule has 5 rings (SSSR count). The van der Waals surface area contributed by atoms with Crippen molar-refractivity contribution in [3.63, 3.8) is 0 Å². The van der Waals surface area contributed by atoms with Gasteiger partial charge in [0.15, 0.2) is 5.15 Å². The summed E-state index contributed by atoms with van der Waals surface area (Å²) < 4.78 is 2.08. The second-order valence-electron chi connectivity index (χ2n) is 5.76. The summed E-state index contributed by atoms with van der Waals surface area (Å²) in [4.78, 5) is 9.09. The van der Waals surface area contributed by atoms with Crippen molar-refractivity contribution in [2.24, 2.45) is 0 Å². The number of fused-ring (bicyclic) bond motifs is 4. The van der Waals surface area contributed by atoms with E-state index in [1.807, 2.05) is 36.4 Å². The lowest BCUT2D eigenvalue weighted by Crippen LogP contribution is -1.93. The lowest BCUT2D eigenvalue weighted by Gasteiger charge is -2.06. The number of nitrogens with zero attached hydrogens (tertiary/aromatic N) is 3. The van der Waals surface area contributed by atoms with Crippen LogP contribution in [0.5, 0.6) is 0 Å². The monoisotopic (exact) mass is 329 g/mol. The molecule has 5 aromatic rings. The Morgan fingerprint density at radius 2 is 1.58 bits per heavy atom. The van der Waals surface area contributed by atoms with Gasteiger partial charge in [0.1, 0.15) is 11.3 Å². The molecule has 4 heteroatoms. The van der Waals surface area contributed by atoms with Crippen LogP contribution in [0, 0.1) is 0 Å². The molecule has 0 N–H and O–H groups in total. The van der Waals surface area contributed by atoms with E-state index in [0.717, 1.165) is 27.9 Å². The quantitative estimate of drug-likeness (QED) is 0.414. The molecule has 3 nitrogen and oxygen atoms in total. The predicted molar refractivity (Wildman–Crippen MR) is 98.4 cm³/mol. The van der Waals surface area contributed by atoms with Crippen molar-refractivity contribution in [2.75, 3.05) is 0 Å². The zero-order valence-corrected chi connectivity index (χ0v) is 13.4. The Kier molecular flexibility index (Phi) is 2.84. The van der Waals surface area contributed by atoms with Gasteiger partial charge in [0.25, 0.3) is 0 Å². The number of halogens is 1. The first-order valence-corrected chi connectivity index (χ1v) is 8.10. The molecule has 0 amide bonds. The molecule has 0 aliphatic heterocycles. The molecule has 0 atom stereocenters. The zero-order chi connectivity index (χ0) is 16.1. The van der Waals surface area contributed by atoms with Crippen LogP contribution in [0.25, 0.3) is 38.7 Å². The molecule has 114 valence electrons. The molecule has 0 aliphatic rings. The molecule has 0 unspecified atom stereocenters. The Morgan fingerprint density at radius 1 is 0.792 bits per heavy atom. The number of rotatable bonds is 1. The fourth-order valence-corrected chi connectivity index (χ4v) is 3.39. The molecule has 0 radical (unpaired) electrons. The minimum Gasteiger partial charge on any atom is -0.288 e. The lowest BCUT2D eigenvalue weighted by molar-refractivity contribution is 1.19. The highest BCUT2D eigenvalue weighted by Crippen LogP contribution is 2.30. The number of para-hydroxylation sites is 2. The Morgan fingerprint density at radius 3 is 2.50 bits per heavy atom. The van der Waals surface area contributed by atoms with Gasteiger partial charge in [0, 0.05) is 5.56 Å². The summed E-state index contributed by atoms with van der Waals surface area (Å²) in [6.45, 7) is 0. The average molecular weight is 330 g/mol. The molecule has 24 heavy (non-hydrogen) atoms. The smallest absolute Gasteiger partial charge is 0.157 e. The Hall–Kier alpha value is -2.91. The first kappa shape index (κ1) is 13.5. The highest BCUT2D eigenvalue weighted by molar-refractivity contribution is 6.33. The summed E-state index contributed by atoms with van der Waals surface area (Å²) in [5.41, 5.74) is 3.77. The molecule has 0 aliphatic carbocycles. The Bertz CT molecular complexity index is 1220. The van der Waals surface area contributed by atoms with Crippen LogP contribution in [0.1, 0.15) is 0 Å². The number of hydrogen-bond acceptors (Lipinski definition) is 2. The lowest BCUT2D eigenvalue weighted by atomic mass is 10.1. The highest BCUT2D eigenvalue weighted by atomic mass is 35.5. The van der Waals surface area contributed by atoms with E-state index in [0.29, 0.717) is 5.15 Å².